The third kappa shape index (κ3) is 6.42. The van der Waals surface area contributed by atoms with Crippen LogP contribution in [0.5, 0.6) is 11.5 Å². The Morgan fingerprint density at radius 2 is 1.86 bits per heavy atom. The molecule has 2 aromatic heterocycles. The molecule has 0 aliphatic heterocycles. The van der Waals surface area contributed by atoms with Gasteiger partial charge in [-0.1, -0.05) is 18.2 Å². The first-order valence-electron chi connectivity index (χ1n) is 11.5. The largest absolute Gasteiger partial charge is 0.493 e. The number of ether oxygens (including phenoxy) is 2. The molecule has 1 unspecified atom stereocenters. The quantitative estimate of drug-likeness (QED) is 0.166. The van der Waals surface area contributed by atoms with Gasteiger partial charge in [0.15, 0.2) is 18.1 Å². The predicted octanol–water partition coefficient (Wildman–Crippen LogP) is 4.99. The topological polar surface area (TPSA) is 106 Å². The highest BCUT2D eigenvalue weighted by molar-refractivity contribution is 8.09. The molecule has 0 saturated carbocycles. The molecule has 1 atom stereocenters. The molecule has 4 aromatic rings. The molecule has 0 aliphatic carbocycles. The van der Waals surface area contributed by atoms with Gasteiger partial charge in [0.2, 0.25) is 5.82 Å². The number of carbonyl (C=O) groups excluding carboxylic acids is 1. The van der Waals surface area contributed by atoms with Gasteiger partial charge in [0.05, 0.1) is 13.7 Å². The Labute approximate surface area is 213 Å². The zero-order valence-corrected chi connectivity index (χ0v) is 21.4. The fourth-order valence-electron chi connectivity index (χ4n) is 3.77. The van der Waals surface area contributed by atoms with Crippen molar-refractivity contribution in [3.63, 3.8) is 0 Å². The molecule has 0 spiro atoms. The highest BCUT2D eigenvalue weighted by Gasteiger charge is 2.22. The van der Waals surface area contributed by atoms with Gasteiger partial charge in [0.1, 0.15) is 17.3 Å². The first-order chi connectivity index (χ1) is 17.4. The van der Waals surface area contributed by atoms with Crippen LogP contribution in [0.4, 0.5) is 4.79 Å². The Hall–Kier alpha value is -3.86. The van der Waals surface area contributed by atoms with Gasteiger partial charge >= 0.3 is 5.30 Å². The lowest BCUT2D eigenvalue weighted by Crippen LogP contribution is -2.14. The molecule has 2 aromatic carbocycles. The Kier molecular flexibility index (Phi) is 8.21. The van der Waals surface area contributed by atoms with Crippen molar-refractivity contribution in [3.8, 4) is 22.9 Å². The Morgan fingerprint density at radius 3 is 2.50 bits per heavy atom. The summed E-state index contributed by atoms with van der Waals surface area (Å²) in [6.45, 7) is 4.44. The first-order valence-corrected chi connectivity index (χ1v) is 12.2. The molecule has 4 rings (SSSR count). The van der Waals surface area contributed by atoms with E-state index in [-0.39, 0.29) is 0 Å². The van der Waals surface area contributed by atoms with E-state index in [9.17, 15) is 4.79 Å². The lowest BCUT2D eigenvalue weighted by Gasteiger charge is -2.18. The van der Waals surface area contributed by atoms with Crippen molar-refractivity contribution in [1.29, 1.82) is 0 Å². The monoisotopic (exact) mass is 508 g/mol. The summed E-state index contributed by atoms with van der Waals surface area (Å²) < 4.78 is 19.1. The molecule has 0 aliphatic rings. The summed E-state index contributed by atoms with van der Waals surface area (Å²) >= 11 is 0.656. The zero-order valence-electron chi connectivity index (χ0n) is 20.6. The van der Waals surface area contributed by atoms with E-state index >= 15 is 0 Å². The van der Waals surface area contributed by atoms with Crippen molar-refractivity contribution in [3.05, 3.63) is 71.8 Å². The van der Waals surface area contributed by atoms with Crippen LogP contribution in [0.15, 0.2) is 54.9 Å². The van der Waals surface area contributed by atoms with Crippen LogP contribution in [0.3, 0.4) is 0 Å². The summed E-state index contributed by atoms with van der Waals surface area (Å²) in [5.41, 5.74) is 2.86. The van der Waals surface area contributed by atoms with Gasteiger partial charge in [0, 0.05) is 25.0 Å². The third-order valence-corrected chi connectivity index (χ3v) is 5.93. The minimum absolute atomic E-state index is 0.455. The van der Waals surface area contributed by atoms with Crippen LogP contribution in [-0.2, 0) is 18.8 Å². The maximum Gasteiger partial charge on any atom is 0.407 e. The molecule has 0 fully saturated rings. The van der Waals surface area contributed by atoms with Crippen LogP contribution in [0.2, 0.25) is 0 Å². The smallest absolute Gasteiger partial charge is 0.407 e. The molecule has 36 heavy (non-hydrogen) atoms. The van der Waals surface area contributed by atoms with E-state index in [4.69, 9.17) is 13.7 Å². The molecule has 11 heteroatoms. The lowest BCUT2D eigenvalue weighted by molar-refractivity contribution is 0.104. The zero-order chi connectivity index (χ0) is 25.5. The van der Waals surface area contributed by atoms with E-state index in [1.54, 1.807) is 25.4 Å². The van der Waals surface area contributed by atoms with Gasteiger partial charge < -0.3 is 18.2 Å². The van der Waals surface area contributed by atoms with Crippen molar-refractivity contribution >= 4 is 17.3 Å². The Balaban J connectivity index is 1.34. The average molecular weight is 509 g/mol. The number of rotatable bonds is 10. The van der Waals surface area contributed by atoms with Crippen LogP contribution in [0.1, 0.15) is 35.9 Å². The van der Waals surface area contributed by atoms with E-state index in [0.717, 1.165) is 22.4 Å². The molecule has 0 radical (unpaired) electrons. The summed E-state index contributed by atoms with van der Waals surface area (Å²) in [5, 5.41) is 11.7. The van der Waals surface area contributed by atoms with Gasteiger partial charge in [-0.05, 0) is 67.3 Å². The van der Waals surface area contributed by atoms with E-state index < -0.39 is 11.4 Å². The van der Waals surface area contributed by atoms with Crippen LogP contribution < -0.4 is 8.92 Å². The van der Waals surface area contributed by atoms with Gasteiger partial charge in [0.25, 0.3) is 0 Å². The second-order valence-corrected chi connectivity index (χ2v) is 8.93. The molecule has 2 heterocycles. The number of aryl methyl sites for hydroxylation is 4. The molecule has 188 valence electrons. The van der Waals surface area contributed by atoms with E-state index in [2.05, 4.69) is 20.4 Å². The fourth-order valence-corrected chi connectivity index (χ4v) is 4.20. The van der Waals surface area contributed by atoms with Gasteiger partial charge in [-0.25, -0.2) is 9.78 Å². The van der Waals surface area contributed by atoms with E-state index in [1.807, 2.05) is 62.0 Å². The molecular weight excluding hydrogens is 480 g/mol. The molecule has 10 nitrogen and oxygen atoms in total. The van der Waals surface area contributed by atoms with E-state index in [0.29, 0.717) is 48.9 Å². The average Bonchev–Trinajstić information content (AvgIpc) is 3.49. The minimum atomic E-state index is -0.535. The number of nitrogens with zero attached hydrogens (tertiary/aromatic N) is 6. The van der Waals surface area contributed by atoms with Crippen molar-refractivity contribution in [1.82, 2.24) is 29.8 Å². The number of tetrazole rings is 1. The minimum Gasteiger partial charge on any atom is -0.493 e. The number of benzene rings is 2. The van der Waals surface area contributed by atoms with Crippen molar-refractivity contribution in [2.45, 2.75) is 32.8 Å². The van der Waals surface area contributed by atoms with Crippen LogP contribution in [0.25, 0.3) is 11.4 Å². The number of aromatic nitrogens is 6. The molecular formula is C25H28N6O4S. The molecule has 0 amide bonds. The van der Waals surface area contributed by atoms with Crippen molar-refractivity contribution in [2.24, 2.45) is 14.1 Å². The number of para-hydroxylation sites is 1. The lowest BCUT2D eigenvalue weighted by atomic mass is 10.1. The number of imidazole rings is 1. The molecule has 0 N–H and O–H groups in total. The highest BCUT2D eigenvalue weighted by atomic mass is 32.2. The maximum atomic E-state index is 12.5. The van der Waals surface area contributed by atoms with Crippen LogP contribution in [-0.4, -0.2) is 41.7 Å². The summed E-state index contributed by atoms with van der Waals surface area (Å²) in [6, 6.07) is 13.1. The summed E-state index contributed by atoms with van der Waals surface area (Å²) in [7, 11) is 3.60. The van der Waals surface area contributed by atoms with Crippen molar-refractivity contribution in [2.75, 3.05) is 6.61 Å². The fraction of sp³-hybridized carbons (Fsp3) is 0.320. The normalized spacial score (nSPS) is 11.8. The summed E-state index contributed by atoms with van der Waals surface area (Å²) in [4.78, 5) is 18.3. The van der Waals surface area contributed by atoms with Crippen LogP contribution in [0, 0.1) is 13.8 Å². The number of hydrogen-bond acceptors (Lipinski definition) is 9. The summed E-state index contributed by atoms with van der Waals surface area (Å²) in [6.07, 6.45) is 4.17. The maximum absolute atomic E-state index is 12.5. The SMILES string of the molecule is Cc1cc(-c2nnn(C)n2)cc(C)c1OCCCC(OC(=O)SOc1ccccc1)c1nccn1C. The predicted molar refractivity (Wildman–Crippen MR) is 136 cm³/mol. The first kappa shape index (κ1) is 25.2. The third-order valence-electron chi connectivity index (χ3n) is 5.42. The summed E-state index contributed by atoms with van der Waals surface area (Å²) in [5.74, 6) is 2.63. The Bertz CT molecular complexity index is 1280. The highest BCUT2D eigenvalue weighted by Crippen LogP contribution is 2.30. The van der Waals surface area contributed by atoms with E-state index in [1.165, 1.54) is 4.80 Å². The van der Waals surface area contributed by atoms with Gasteiger partial charge in [-0.2, -0.15) is 4.80 Å². The van der Waals surface area contributed by atoms with Gasteiger partial charge in [-0.15, -0.1) is 10.2 Å². The number of hydrogen-bond donors (Lipinski definition) is 0. The Morgan fingerprint density at radius 1 is 1.11 bits per heavy atom. The standard InChI is InChI=1S/C25H28N6O4S/c1-17-15-19(23-27-29-31(4)28-23)16-18(2)22(17)33-14-8-11-21(24-26-12-13-30(24)3)34-25(32)36-35-20-9-6-5-7-10-20/h5-7,9-10,12-13,15-16,21H,8,11,14H2,1-4H3. The van der Waals surface area contributed by atoms with Crippen LogP contribution >= 0.6 is 12.0 Å². The molecule has 0 bridgehead atoms. The number of carbonyl (C=O) groups is 1. The van der Waals surface area contributed by atoms with Crippen molar-refractivity contribution < 1.29 is 18.5 Å². The second-order valence-electron chi connectivity index (χ2n) is 8.26. The van der Waals surface area contributed by atoms with Gasteiger partial charge in [-0.3, -0.25) is 0 Å². The second kappa shape index (κ2) is 11.7. The molecule has 0 saturated heterocycles.